The number of rotatable bonds is 5. The van der Waals surface area contributed by atoms with Gasteiger partial charge in [-0.2, -0.15) is 0 Å². The lowest BCUT2D eigenvalue weighted by Crippen LogP contribution is -2.09. The van der Waals surface area contributed by atoms with Gasteiger partial charge >= 0.3 is 5.97 Å². The molecule has 0 bridgehead atoms. The van der Waals surface area contributed by atoms with Crippen LogP contribution in [0.4, 0.5) is 0 Å². The highest BCUT2D eigenvalue weighted by Gasteiger charge is 2.18. The smallest absolute Gasteiger partial charge is 0.358 e. The minimum atomic E-state index is -1.04. The first-order valence-electron chi connectivity index (χ1n) is 5.87. The molecule has 0 aliphatic rings. The lowest BCUT2D eigenvalue weighted by atomic mass is 10.2. The summed E-state index contributed by atoms with van der Waals surface area (Å²) in [4.78, 5) is 15.2. The topological polar surface area (TPSA) is 80.9 Å². The van der Waals surface area contributed by atoms with Crippen LogP contribution in [-0.2, 0) is 13.0 Å². The molecule has 0 saturated carbocycles. The van der Waals surface area contributed by atoms with Crippen molar-refractivity contribution in [3.05, 3.63) is 39.9 Å². The molecular weight excluding hydrogens is 312 g/mol. The maximum absolute atomic E-state index is 11.1. The molecule has 0 fully saturated rings. The summed E-state index contributed by atoms with van der Waals surface area (Å²) in [6.07, 6.45) is 4.89. The van der Waals surface area contributed by atoms with Crippen molar-refractivity contribution < 1.29 is 9.90 Å². The number of pyridine rings is 1. The third kappa shape index (κ3) is 3.17. The summed E-state index contributed by atoms with van der Waals surface area (Å²) in [5, 5.41) is 16.7. The predicted octanol–water partition coefficient (Wildman–Crippen LogP) is 2.13. The summed E-state index contributed by atoms with van der Waals surface area (Å²) in [6.45, 7) is 2.45. The van der Waals surface area contributed by atoms with Gasteiger partial charge in [0.15, 0.2) is 5.69 Å². The molecule has 19 heavy (non-hydrogen) atoms. The normalized spacial score (nSPS) is 10.6. The van der Waals surface area contributed by atoms with Gasteiger partial charge in [-0.25, -0.2) is 9.48 Å². The van der Waals surface area contributed by atoms with E-state index in [1.807, 2.05) is 13.0 Å². The predicted molar refractivity (Wildman–Crippen MR) is 72.0 cm³/mol. The molecule has 0 spiro atoms. The van der Waals surface area contributed by atoms with Gasteiger partial charge in [0.1, 0.15) is 0 Å². The Morgan fingerprint density at radius 2 is 2.26 bits per heavy atom. The molecule has 0 aliphatic carbocycles. The molecule has 2 aromatic heterocycles. The molecule has 0 amide bonds. The number of halogens is 1. The molecule has 0 unspecified atom stereocenters. The van der Waals surface area contributed by atoms with E-state index in [1.165, 1.54) is 0 Å². The summed E-state index contributed by atoms with van der Waals surface area (Å²) in [7, 11) is 0. The molecule has 0 radical (unpaired) electrons. The highest BCUT2D eigenvalue weighted by atomic mass is 79.9. The highest BCUT2D eigenvalue weighted by molar-refractivity contribution is 9.10. The van der Waals surface area contributed by atoms with Crippen molar-refractivity contribution in [3.63, 3.8) is 0 Å². The van der Waals surface area contributed by atoms with Gasteiger partial charge in [-0.15, -0.1) is 5.10 Å². The molecule has 100 valence electrons. The summed E-state index contributed by atoms with van der Waals surface area (Å²) in [6, 6.07) is 1.92. The van der Waals surface area contributed by atoms with E-state index in [0.29, 0.717) is 18.7 Å². The van der Waals surface area contributed by atoms with Crippen molar-refractivity contribution in [1.29, 1.82) is 0 Å². The Bertz CT molecular complexity index is 597. The molecule has 6 nitrogen and oxygen atoms in total. The molecule has 7 heteroatoms. The number of hydrogen-bond acceptors (Lipinski definition) is 4. The Labute approximate surface area is 118 Å². The zero-order valence-corrected chi connectivity index (χ0v) is 12.0. The monoisotopic (exact) mass is 324 g/mol. The maximum atomic E-state index is 11.1. The van der Waals surface area contributed by atoms with Crippen LogP contribution in [0, 0.1) is 0 Å². The number of aromatic nitrogens is 4. The van der Waals surface area contributed by atoms with E-state index >= 15 is 0 Å². The maximum Gasteiger partial charge on any atom is 0.358 e. The van der Waals surface area contributed by atoms with E-state index in [9.17, 15) is 4.79 Å². The number of carboxylic acid groups (broad SMARTS) is 1. The van der Waals surface area contributed by atoms with Gasteiger partial charge in [0.05, 0.1) is 12.2 Å². The van der Waals surface area contributed by atoms with Crippen molar-refractivity contribution in [1.82, 2.24) is 20.0 Å². The largest absolute Gasteiger partial charge is 0.476 e. The standard InChI is InChI=1S/C12H13BrN4O2/c1-2-3-10-11(12(18)19)15-16-17(10)7-8-4-9(13)6-14-5-8/h4-6H,2-3,7H2,1H3,(H,18,19). The lowest BCUT2D eigenvalue weighted by Gasteiger charge is -2.06. The van der Waals surface area contributed by atoms with Gasteiger partial charge in [0.25, 0.3) is 0 Å². The zero-order valence-electron chi connectivity index (χ0n) is 10.4. The Morgan fingerprint density at radius 3 is 2.89 bits per heavy atom. The third-order valence-corrected chi connectivity index (χ3v) is 3.05. The number of carbonyl (C=O) groups is 1. The van der Waals surface area contributed by atoms with Crippen LogP contribution in [0.1, 0.15) is 35.1 Å². The van der Waals surface area contributed by atoms with Gasteiger partial charge in [0, 0.05) is 16.9 Å². The molecule has 1 N–H and O–H groups in total. The van der Waals surface area contributed by atoms with Crippen LogP contribution in [-0.4, -0.2) is 31.1 Å². The first-order chi connectivity index (χ1) is 9.11. The number of carboxylic acids is 1. The van der Waals surface area contributed by atoms with Crippen molar-refractivity contribution in [2.24, 2.45) is 0 Å². The van der Waals surface area contributed by atoms with Crippen molar-refractivity contribution >= 4 is 21.9 Å². The fraction of sp³-hybridized carbons (Fsp3) is 0.333. The van der Waals surface area contributed by atoms with E-state index < -0.39 is 5.97 Å². The minimum absolute atomic E-state index is 0.0322. The highest BCUT2D eigenvalue weighted by Crippen LogP contribution is 2.14. The lowest BCUT2D eigenvalue weighted by molar-refractivity contribution is 0.0689. The molecule has 2 rings (SSSR count). The van der Waals surface area contributed by atoms with Gasteiger partial charge in [-0.3, -0.25) is 4.98 Å². The van der Waals surface area contributed by atoms with E-state index in [4.69, 9.17) is 5.11 Å². The van der Waals surface area contributed by atoms with Crippen molar-refractivity contribution in [3.8, 4) is 0 Å². The minimum Gasteiger partial charge on any atom is -0.476 e. The van der Waals surface area contributed by atoms with Crippen LogP contribution in [0.2, 0.25) is 0 Å². The number of nitrogens with zero attached hydrogens (tertiary/aromatic N) is 4. The third-order valence-electron chi connectivity index (χ3n) is 2.62. The summed E-state index contributed by atoms with van der Waals surface area (Å²) in [5.74, 6) is -1.04. The fourth-order valence-corrected chi connectivity index (χ4v) is 2.24. The quantitative estimate of drug-likeness (QED) is 0.911. The van der Waals surface area contributed by atoms with Gasteiger partial charge in [-0.05, 0) is 34.0 Å². The molecular formula is C12H13BrN4O2. The summed E-state index contributed by atoms with van der Waals surface area (Å²) in [5.41, 5.74) is 1.62. The van der Waals surface area contributed by atoms with E-state index in [-0.39, 0.29) is 5.69 Å². The van der Waals surface area contributed by atoms with Crippen LogP contribution in [0.25, 0.3) is 0 Å². The second-order valence-corrected chi connectivity index (χ2v) is 5.02. The van der Waals surface area contributed by atoms with E-state index in [2.05, 4.69) is 31.2 Å². The number of hydrogen-bond donors (Lipinski definition) is 1. The Hall–Kier alpha value is -1.76. The molecule has 0 aliphatic heterocycles. The van der Waals surface area contributed by atoms with Gasteiger partial charge in [-0.1, -0.05) is 18.6 Å². The SMILES string of the molecule is CCCc1c(C(=O)O)nnn1Cc1cncc(Br)c1. The summed E-state index contributed by atoms with van der Waals surface area (Å²) >= 11 is 3.35. The van der Waals surface area contributed by atoms with E-state index in [0.717, 1.165) is 16.5 Å². The first kappa shape index (κ1) is 13.7. The Morgan fingerprint density at radius 1 is 1.47 bits per heavy atom. The molecule has 0 atom stereocenters. The van der Waals surface area contributed by atoms with Crippen molar-refractivity contribution in [2.45, 2.75) is 26.3 Å². The average Bonchev–Trinajstić information content (AvgIpc) is 2.73. The summed E-state index contributed by atoms with van der Waals surface area (Å²) < 4.78 is 2.50. The first-order valence-corrected chi connectivity index (χ1v) is 6.66. The van der Waals surface area contributed by atoms with Crippen molar-refractivity contribution in [2.75, 3.05) is 0 Å². The van der Waals surface area contributed by atoms with Crippen LogP contribution in [0.3, 0.4) is 0 Å². The second-order valence-electron chi connectivity index (χ2n) is 4.11. The van der Waals surface area contributed by atoms with Crippen LogP contribution in [0.15, 0.2) is 22.9 Å². The molecule has 2 aromatic rings. The molecule has 0 saturated heterocycles. The Kier molecular flexibility index (Phi) is 4.26. The second kappa shape index (κ2) is 5.92. The number of aromatic carboxylic acids is 1. The average molecular weight is 325 g/mol. The molecule has 0 aromatic carbocycles. The van der Waals surface area contributed by atoms with Gasteiger partial charge < -0.3 is 5.11 Å². The molecule has 2 heterocycles. The zero-order chi connectivity index (χ0) is 13.8. The van der Waals surface area contributed by atoms with E-state index in [1.54, 1.807) is 17.1 Å². The van der Waals surface area contributed by atoms with Crippen LogP contribution >= 0.6 is 15.9 Å². The van der Waals surface area contributed by atoms with Crippen LogP contribution in [0.5, 0.6) is 0 Å². The fourth-order valence-electron chi connectivity index (χ4n) is 1.83. The van der Waals surface area contributed by atoms with Crippen LogP contribution < -0.4 is 0 Å². The Balaban J connectivity index is 2.32. The van der Waals surface area contributed by atoms with Gasteiger partial charge in [0.2, 0.25) is 0 Å².